The van der Waals surface area contributed by atoms with Gasteiger partial charge in [-0.05, 0) is 12.1 Å². The van der Waals surface area contributed by atoms with Gasteiger partial charge < -0.3 is 20.4 Å². The Balaban J connectivity index is 1.75. The quantitative estimate of drug-likeness (QED) is 0.628. The van der Waals surface area contributed by atoms with Crippen LogP contribution in [-0.4, -0.2) is 51.7 Å². The van der Waals surface area contributed by atoms with E-state index in [0.29, 0.717) is 19.5 Å². The van der Waals surface area contributed by atoms with Crippen molar-refractivity contribution in [3.05, 3.63) is 30.3 Å². The molecular weight excluding hydrogens is 280 g/mol. The van der Waals surface area contributed by atoms with E-state index in [1.54, 1.807) is 4.90 Å². The summed E-state index contributed by atoms with van der Waals surface area (Å²) in [6.45, 7) is 2.20. The number of anilines is 1. The number of nitrogens with zero attached hydrogens (tertiary/aromatic N) is 1. The van der Waals surface area contributed by atoms with Gasteiger partial charge in [-0.25, -0.2) is 4.79 Å². The highest BCUT2D eigenvalue weighted by Gasteiger charge is 2.31. The Morgan fingerprint density at radius 3 is 2.73 bits per heavy atom. The van der Waals surface area contributed by atoms with Gasteiger partial charge in [0, 0.05) is 31.6 Å². The second-order valence-corrected chi connectivity index (χ2v) is 5.95. The highest BCUT2D eigenvalue weighted by atomic mass is 16.2. The Morgan fingerprint density at radius 2 is 2.05 bits per heavy atom. The number of hydrogen-bond donors (Lipinski definition) is 3. The molecule has 1 aliphatic heterocycles. The summed E-state index contributed by atoms with van der Waals surface area (Å²) in [5.41, 5.74) is 0.881. The standard InChI is InChI=1S/C16H24N4O2/c1-19(2)10-6-9-17-16(22)18-13-11-15(21)20(12-13)14-7-4-3-5-8-14/h3-5,7-8,13H,6,9-12H2,1-2H3,(H2,17,18,22)/p+1/t13-/m0/s1. The number of carbonyl (C=O) groups is 2. The summed E-state index contributed by atoms with van der Waals surface area (Å²) in [6, 6.07) is 9.22. The normalized spacial score (nSPS) is 17.9. The van der Waals surface area contributed by atoms with Crippen molar-refractivity contribution in [1.29, 1.82) is 0 Å². The largest absolute Gasteiger partial charge is 0.340 e. The van der Waals surface area contributed by atoms with E-state index in [0.717, 1.165) is 18.7 Å². The van der Waals surface area contributed by atoms with E-state index in [1.165, 1.54) is 4.90 Å². The first-order chi connectivity index (χ1) is 10.6. The molecule has 0 unspecified atom stereocenters. The monoisotopic (exact) mass is 305 g/mol. The molecule has 0 aromatic heterocycles. The van der Waals surface area contributed by atoms with Crippen LogP contribution in [0.15, 0.2) is 30.3 Å². The molecule has 0 saturated carbocycles. The van der Waals surface area contributed by atoms with Gasteiger partial charge in [-0.2, -0.15) is 0 Å². The minimum Gasteiger partial charge on any atom is -0.340 e. The van der Waals surface area contributed by atoms with Gasteiger partial charge >= 0.3 is 6.03 Å². The van der Waals surface area contributed by atoms with Crippen LogP contribution in [0.3, 0.4) is 0 Å². The fourth-order valence-corrected chi connectivity index (χ4v) is 2.54. The highest BCUT2D eigenvalue weighted by Crippen LogP contribution is 2.20. The van der Waals surface area contributed by atoms with Crippen molar-refractivity contribution >= 4 is 17.6 Å². The summed E-state index contributed by atoms with van der Waals surface area (Å²) < 4.78 is 0. The minimum atomic E-state index is -0.193. The SMILES string of the molecule is C[NH+](C)CCCNC(=O)N[C@H]1CC(=O)N(c2ccccc2)C1. The van der Waals surface area contributed by atoms with E-state index < -0.39 is 0 Å². The van der Waals surface area contributed by atoms with E-state index in [4.69, 9.17) is 0 Å². The molecule has 6 nitrogen and oxygen atoms in total. The summed E-state index contributed by atoms with van der Waals surface area (Å²) in [5, 5.41) is 5.72. The molecule has 3 amide bonds. The molecule has 0 bridgehead atoms. The second kappa shape index (κ2) is 7.79. The molecule has 0 radical (unpaired) electrons. The van der Waals surface area contributed by atoms with Crippen LogP contribution >= 0.6 is 0 Å². The van der Waals surface area contributed by atoms with Crippen LogP contribution in [-0.2, 0) is 4.79 Å². The van der Waals surface area contributed by atoms with Gasteiger partial charge in [0.15, 0.2) is 0 Å². The average molecular weight is 305 g/mol. The lowest BCUT2D eigenvalue weighted by Crippen LogP contribution is -3.05. The van der Waals surface area contributed by atoms with Crippen LogP contribution in [0, 0.1) is 0 Å². The predicted molar refractivity (Wildman–Crippen MR) is 86.0 cm³/mol. The molecule has 1 aromatic carbocycles. The topological polar surface area (TPSA) is 65.9 Å². The molecule has 1 heterocycles. The Kier molecular flexibility index (Phi) is 5.77. The molecule has 3 N–H and O–H groups in total. The van der Waals surface area contributed by atoms with Gasteiger partial charge in [-0.3, -0.25) is 4.79 Å². The number of carbonyl (C=O) groups excluding carboxylic acids is 2. The first-order valence-corrected chi connectivity index (χ1v) is 7.75. The maximum absolute atomic E-state index is 12.1. The molecule has 120 valence electrons. The second-order valence-electron chi connectivity index (χ2n) is 5.95. The Hall–Kier alpha value is -2.08. The van der Waals surface area contributed by atoms with Crippen molar-refractivity contribution in [3.8, 4) is 0 Å². The third-order valence-electron chi connectivity index (χ3n) is 3.67. The molecule has 0 spiro atoms. The predicted octanol–water partition coefficient (Wildman–Crippen LogP) is -0.374. The molecule has 1 saturated heterocycles. The van der Waals surface area contributed by atoms with Gasteiger partial charge in [0.25, 0.3) is 0 Å². The molecular formula is C16H25N4O2+. The average Bonchev–Trinajstić information content (AvgIpc) is 2.85. The number of benzene rings is 1. The van der Waals surface area contributed by atoms with Crippen LogP contribution in [0.25, 0.3) is 0 Å². The zero-order valence-corrected chi connectivity index (χ0v) is 13.3. The number of para-hydroxylation sites is 1. The molecule has 6 heteroatoms. The number of amides is 3. The van der Waals surface area contributed by atoms with E-state index in [2.05, 4.69) is 24.7 Å². The highest BCUT2D eigenvalue weighted by molar-refractivity contribution is 5.96. The molecule has 1 fully saturated rings. The lowest BCUT2D eigenvalue weighted by Gasteiger charge is -2.17. The zero-order chi connectivity index (χ0) is 15.9. The van der Waals surface area contributed by atoms with Gasteiger partial charge in [0.05, 0.1) is 26.7 Å². The lowest BCUT2D eigenvalue weighted by atomic mass is 10.2. The van der Waals surface area contributed by atoms with Crippen LogP contribution in [0.5, 0.6) is 0 Å². The van der Waals surface area contributed by atoms with Gasteiger partial charge in [-0.15, -0.1) is 0 Å². The van der Waals surface area contributed by atoms with E-state index in [-0.39, 0.29) is 18.0 Å². The van der Waals surface area contributed by atoms with Crippen molar-refractivity contribution in [2.24, 2.45) is 0 Å². The Morgan fingerprint density at radius 1 is 1.32 bits per heavy atom. The summed E-state index contributed by atoms with van der Waals surface area (Å²) >= 11 is 0. The van der Waals surface area contributed by atoms with Crippen molar-refractivity contribution in [2.45, 2.75) is 18.9 Å². The van der Waals surface area contributed by atoms with Gasteiger partial charge in [0.2, 0.25) is 5.91 Å². The number of rotatable bonds is 6. The van der Waals surface area contributed by atoms with Crippen molar-refractivity contribution in [3.63, 3.8) is 0 Å². The molecule has 2 rings (SSSR count). The minimum absolute atomic E-state index is 0.0488. The van der Waals surface area contributed by atoms with Gasteiger partial charge in [-0.1, -0.05) is 18.2 Å². The maximum atomic E-state index is 12.1. The molecule has 1 aliphatic rings. The summed E-state index contributed by atoms with van der Waals surface area (Å²) in [5.74, 6) is 0.0488. The first-order valence-electron chi connectivity index (χ1n) is 7.75. The number of nitrogens with one attached hydrogen (secondary N) is 3. The van der Waals surface area contributed by atoms with E-state index in [1.807, 2.05) is 30.3 Å². The number of quaternary nitrogens is 1. The third kappa shape index (κ3) is 4.73. The fraction of sp³-hybridized carbons (Fsp3) is 0.500. The number of urea groups is 1. The molecule has 22 heavy (non-hydrogen) atoms. The molecule has 1 atom stereocenters. The van der Waals surface area contributed by atoms with Crippen molar-refractivity contribution in [1.82, 2.24) is 10.6 Å². The van der Waals surface area contributed by atoms with E-state index in [9.17, 15) is 9.59 Å². The first kappa shape index (κ1) is 16.3. The third-order valence-corrected chi connectivity index (χ3v) is 3.67. The smallest absolute Gasteiger partial charge is 0.315 e. The zero-order valence-electron chi connectivity index (χ0n) is 13.3. The van der Waals surface area contributed by atoms with Crippen LogP contribution in [0.1, 0.15) is 12.8 Å². The summed E-state index contributed by atoms with van der Waals surface area (Å²) in [7, 11) is 4.17. The summed E-state index contributed by atoms with van der Waals surface area (Å²) in [6.07, 6.45) is 1.29. The van der Waals surface area contributed by atoms with Crippen LogP contribution < -0.4 is 20.4 Å². The van der Waals surface area contributed by atoms with Crippen molar-refractivity contribution in [2.75, 3.05) is 38.6 Å². The summed E-state index contributed by atoms with van der Waals surface area (Å²) in [4.78, 5) is 27.0. The molecule has 1 aromatic rings. The maximum Gasteiger partial charge on any atom is 0.315 e. The van der Waals surface area contributed by atoms with Crippen LogP contribution in [0.2, 0.25) is 0 Å². The van der Waals surface area contributed by atoms with Crippen LogP contribution in [0.4, 0.5) is 10.5 Å². The Bertz CT molecular complexity index is 504. The van der Waals surface area contributed by atoms with Crippen molar-refractivity contribution < 1.29 is 14.5 Å². The lowest BCUT2D eigenvalue weighted by molar-refractivity contribution is -0.858. The Labute approximate surface area is 131 Å². The van der Waals surface area contributed by atoms with Gasteiger partial charge in [0.1, 0.15) is 0 Å². The van der Waals surface area contributed by atoms with E-state index >= 15 is 0 Å². The fourth-order valence-electron chi connectivity index (χ4n) is 2.54. The molecule has 0 aliphatic carbocycles. The number of hydrogen-bond acceptors (Lipinski definition) is 2.